The molecule has 1 saturated heterocycles. The third-order valence-electron chi connectivity index (χ3n) is 3.29. The first kappa shape index (κ1) is 16.7. The molecule has 0 saturated carbocycles. The highest BCUT2D eigenvalue weighted by atomic mass is 35.5. The number of nitrogens with two attached hydrogens (primary N) is 1. The molecule has 1 aromatic carbocycles. The van der Waals surface area contributed by atoms with Crippen molar-refractivity contribution in [3.63, 3.8) is 0 Å². The highest BCUT2D eigenvalue weighted by Crippen LogP contribution is 2.29. The molecule has 1 aromatic rings. The quantitative estimate of drug-likeness (QED) is 0.925. The number of nitrogens with zero attached hydrogens (tertiary/aromatic N) is 1. The lowest BCUT2D eigenvalue weighted by atomic mass is 10.1. The molecule has 1 heterocycles. The lowest BCUT2D eigenvalue weighted by molar-refractivity contribution is 0.459. The first-order valence-electron chi connectivity index (χ1n) is 5.91. The van der Waals surface area contributed by atoms with Crippen LogP contribution in [0, 0.1) is 12.8 Å². The summed E-state index contributed by atoms with van der Waals surface area (Å²) in [6, 6.07) is 5.04. The van der Waals surface area contributed by atoms with Gasteiger partial charge in [0, 0.05) is 13.1 Å². The van der Waals surface area contributed by atoms with Crippen molar-refractivity contribution in [2.45, 2.75) is 18.2 Å². The predicted molar refractivity (Wildman–Crippen MR) is 79.4 cm³/mol. The molecule has 0 radical (unpaired) electrons. The maximum Gasteiger partial charge on any atom is 0.244 e. The first-order valence-corrected chi connectivity index (χ1v) is 7.73. The van der Waals surface area contributed by atoms with Crippen LogP contribution in [0.1, 0.15) is 12.0 Å². The van der Waals surface area contributed by atoms with Crippen molar-refractivity contribution in [2.24, 2.45) is 11.7 Å². The van der Waals surface area contributed by atoms with Crippen LogP contribution in [0.15, 0.2) is 23.1 Å². The fourth-order valence-electron chi connectivity index (χ4n) is 2.16. The van der Waals surface area contributed by atoms with Gasteiger partial charge >= 0.3 is 0 Å². The van der Waals surface area contributed by atoms with E-state index >= 15 is 0 Å². The van der Waals surface area contributed by atoms with E-state index < -0.39 is 10.0 Å². The zero-order valence-electron chi connectivity index (χ0n) is 10.7. The maximum absolute atomic E-state index is 12.5. The first-order chi connectivity index (χ1) is 8.45. The molecular formula is C12H18Cl2N2O2S. The molecule has 0 aromatic heterocycles. The van der Waals surface area contributed by atoms with Crippen molar-refractivity contribution < 1.29 is 8.42 Å². The molecule has 1 aliphatic rings. The zero-order valence-corrected chi connectivity index (χ0v) is 13.1. The summed E-state index contributed by atoms with van der Waals surface area (Å²) < 4.78 is 26.4. The van der Waals surface area contributed by atoms with Gasteiger partial charge in [-0.05, 0) is 43.5 Å². The fraction of sp³-hybridized carbons (Fsp3) is 0.500. The molecule has 2 rings (SSSR count). The lowest BCUT2D eigenvalue weighted by Crippen LogP contribution is -2.30. The summed E-state index contributed by atoms with van der Waals surface area (Å²) in [5.41, 5.74) is 6.47. The highest BCUT2D eigenvalue weighted by molar-refractivity contribution is 7.89. The van der Waals surface area contributed by atoms with E-state index in [0.29, 0.717) is 19.6 Å². The Morgan fingerprint density at radius 2 is 2.16 bits per heavy atom. The summed E-state index contributed by atoms with van der Waals surface area (Å²) >= 11 is 6.00. The average molecular weight is 325 g/mol. The Kier molecular flexibility index (Phi) is 5.65. The second-order valence-corrected chi connectivity index (χ2v) is 7.00. The van der Waals surface area contributed by atoms with Gasteiger partial charge in [-0.15, -0.1) is 12.4 Å². The van der Waals surface area contributed by atoms with E-state index in [1.165, 1.54) is 4.31 Å². The number of sulfonamides is 1. The molecule has 1 aliphatic heterocycles. The van der Waals surface area contributed by atoms with Crippen LogP contribution in [0.25, 0.3) is 0 Å². The van der Waals surface area contributed by atoms with Gasteiger partial charge in [0.2, 0.25) is 10.0 Å². The van der Waals surface area contributed by atoms with Crippen molar-refractivity contribution in [3.05, 3.63) is 28.8 Å². The monoisotopic (exact) mass is 324 g/mol. The Morgan fingerprint density at radius 3 is 2.74 bits per heavy atom. The standard InChI is InChI=1S/C12H17ClN2O2S.ClH/c1-9-2-3-11(13)12(6-9)18(16,17)15-5-4-10(7-14)8-15;/h2-3,6,10H,4-5,7-8,14H2,1H3;1H. The molecule has 1 unspecified atom stereocenters. The van der Waals surface area contributed by atoms with Crippen LogP contribution >= 0.6 is 24.0 Å². The molecule has 0 spiro atoms. The minimum Gasteiger partial charge on any atom is -0.330 e. The number of hydrogen-bond acceptors (Lipinski definition) is 3. The van der Waals surface area contributed by atoms with Crippen LogP contribution in [-0.2, 0) is 10.0 Å². The Balaban J connectivity index is 0.00000180. The van der Waals surface area contributed by atoms with Crippen molar-refractivity contribution in [3.8, 4) is 0 Å². The van der Waals surface area contributed by atoms with Gasteiger partial charge in [0.05, 0.1) is 5.02 Å². The lowest BCUT2D eigenvalue weighted by Gasteiger charge is -2.17. The van der Waals surface area contributed by atoms with Gasteiger partial charge in [-0.25, -0.2) is 8.42 Å². The number of rotatable bonds is 3. The van der Waals surface area contributed by atoms with E-state index in [9.17, 15) is 8.42 Å². The van der Waals surface area contributed by atoms with Gasteiger partial charge < -0.3 is 5.73 Å². The van der Waals surface area contributed by atoms with Crippen LogP contribution in [0.5, 0.6) is 0 Å². The van der Waals surface area contributed by atoms with E-state index in [-0.39, 0.29) is 28.2 Å². The van der Waals surface area contributed by atoms with Gasteiger partial charge in [-0.2, -0.15) is 4.31 Å². The van der Waals surface area contributed by atoms with E-state index in [1.54, 1.807) is 18.2 Å². The second-order valence-electron chi connectivity index (χ2n) is 4.69. The fourth-order valence-corrected chi connectivity index (χ4v) is 4.25. The van der Waals surface area contributed by atoms with Crippen molar-refractivity contribution in [1.29, 1.82) is 0 Å². The molecule has 0 amide bonds. The Labute approximate surface area is 125 Å². The number of benzene rings is 1. The molecule has 1 atom stereocenters. The summed E-state index contributed by atoms with van der Waals surface area (Å²) in [5.74, 6) is 0.253. The summed E-state index contributed by atoms with van der Waals surface area (Å²) in [5, 5.41) is 0.275. The van der Waals surface area contributed by atoms with Crippen molar-refractivity contribution in [1.82, 2.24) is 4.31 Å². The smallest absolute Gasteiger partial charge is 0.244 e. The summed E-state index contributed by atoms with van der Waals surface area (Å²) in [6.45, 7) is 3.38. The SMILES string of the molecule is Cc1ccc(Cl)c(S(=O)(=O)N2CCC(CN)C2)c1.Cl. The van der Waals surface area contributed by atoms with E-state index in [2.05, 4.69) is 0 Å². The summed E-state index contributed by atoms with van der Waals surface area (Å²) in [6.07, 6.45) is 0.819. The molecule has 0 aliphatic carbocycles. The minimum absolute atomic E-state index is 0. The second kappa shape index (κ2) is 6.41. The van der Waals surface area contributed by atoms with Gasteiger partial charge in [-0.3, -0.25) is 0 Å². The van der Waals surface area contributed by atoms with Crippen LogP contribution in [0.4, 0.5) is 0 Å². The number of aryl methyl sites for hydroxylation is 1. The maximum atomic E-state index is 12.5. The van der Waals surface area contributed by atoms with E-state index in [1.807, 2.05) is 6.92 Å². The average Bonchev–Trinajstić information content (AvgIpc) is 2.81. The summed E-state index contributed by atoms with van der Waals surface area (Å²) in [4.78, 5) is 0.196. The van der Waals surface area contributed by atoms with Crippen LogP contribution in [-0.4, -0.2) is 32.4 Å². The Hall–Kier alpha value is -0.330. The van der Waals surface area contributed by atoms with E-state index in [4.69, 9.17) is 17.3 Å². The zero-order chi connectivity index (χ0) is 13.3. The molecule has 108 valence electrons. The number of hydrogen-bond donors (Lipinski definition) is 1. The van der Waals surface area contributed by atoms with Gasteiger partial charge in [0.1, 0.15) is 4.90 Å². The van der Waals surface area contributed by atoms with Crippen molar-refractivity contribution in [2.75, 3.05) is 19.6 Å². The van der Waals surface area contributed by atoms with Crippen LogP contribution in [0.3, 0.4) is 0 Å². The topological polar surface area (TPSA) is 63.4 Å². The molecule has 0 bridgehead atoms. The molecule has 4 nitrogen and oxygen atoms in total. The van der Waals surface area contributed by atoms with Gasteiger partial charge in [0.15, 0.2) is 0 Å². The van der Waals surface area contributed by atoms with Crippen LogP contribution < -0.4 is 5.73 Å². The predicted octanol–water partition coefficient (Wildman–Crippen LogP) is 2.04. The third-order valence-corrected chi connectivity index (χ3v) is 5.63. The largest absolute Gasteiger partial charge is 0.330 e. The van der Waals surface area contributed by atoms with Crippen molar-refractivity contribution >= 4 is 34.0 Å². The van der Waals surface area contributed by atoms with Crippen LogP contribution in [0.2, 0.25) is 5.02 Å². The molecule has 1 fully saturated rings. The number of halogens is 2. The normalized spacial score (nSPS) is 20.3. The van der Waals surface area contributed by atoms with Gasteiger partial charge in [-0.1, -0.05) is 17.7 Å². The molecule has 2 N–H and O–H groups in total. The van der Waals surface area contributed by atoms with Gasteiger partial charge in [0.25, 0.3) is 0 Å². The Bertz CT molecular complexity index is 549. The highest BCUT2D eigenvalue weighted by Gasteiger charge is 2.33. The molecule has 7 heteroatoms. The molecule has 19 heavy (non-hydrogen) atoms. The minimum atomic E-state index is -3.49. The third kappa shape index (κ3) is 3.41. The molecular weight excluding hydrogens is 307 g/mol. The Morgan fingerprint density at radius 1 is 1.47 bits per heavy atom. The summed E-state index contributed by atoms with van der Waals surface area (Å²) in [7, 11) is -3.49. The van der Waals surface area contributed by atoms with E-state index in [0.717, 1.165) is 12.0 Å².